The molecule has 1 fully saturated rings. The number of phenolic OH excluding ortho intramolecular Hbond substituents is 1. The number of esters is 3. The minimum absolute atomic E-state index is 0.0642. The first kappa shape index (κ1) is 27.9. The number of hydrogen-bond acceptors (Lipinski definition) is 12. The number of aliphatic hydroxyl groups is 2. The van der Waals surface area contributed by atoms with E-state index < -0.39 is 65.7 Å². The number of piperidine rings is 1. The van der Waals surface area contributed by atoms with Crippen LogP contribution in [0.1, 0.15) is 44.2 Å². The van der Waals surface area contributed by atoms with E-state index in [1.54, 1.807) is 6.08 Å². The van der Waals surface area contributed by atoms with Crippen LogP contribution in [0.2, 0.25) is 0 Å². The number of benzene rings is 1. The Bertz CT molecular complexity index is 1310. The lowest BCUT2D eigenvalue weighted by atomic mass is 9.50. The molecule has 4 N–H and O–H groups in total. The monoisotopic (exact) mass is 561 g/mol. The van der Waals surface area contributed by atoms with Crippen LogP contribution in [0.4, 0.5) is 0 Å². The maximum Gasteiger partial charge on any atom is 0.348 e. The average Bonchev–Trinajstić information content (AvgIpc) is 3.25. The van der Waals surface area contributed by atoms with E-state index in [9.17, 15) is 34.5 Å². The number of ether oxygens (including phenoxy) is 4. The lowest BCUT2D eigenvalue weighted by Crippen LogP contribution is -2.74. The van der Waals surface area contributed by atoms with Crippen molar-refractivity contribution < 1.29 is 58.6 Å². The second-order valence-electron chi connectivity index (χ2n) is 10.8. The summed E-state index contributed by atoms with van der Waals surface area (Å²) in [5, 5.41) is 41.3. The van der Waals surface area contributed by atoms with Gasteiger partial charge in [0.1, 0.15) is 11.9 Å². The van der Waals surface area contributed by atoms with E-state index >= 15 is 0 Å². The molecule has 2 aliphatic heterocycles. The number of phenols is 1. The van der Waals surface area contributed by atoms with Crippen LogP contribution in [0.5, 0.6) is 11.5 Å². The first-order valence-electron chi connectivity index (χ1n) is 13.0. The van der Waals surface area contributed by atoms with Crippen LogP contribution in [0.3, 0.4) is 0 Å². The van der Waals surface area contributed by atoms with Crippen molar-refractivity contribution in [3.05, 3.63) is 35.1 Å². The summed E-state index contributed by atoms with van der Waals surface area (Å²) in [5.41, 5.74) is -0.673. The van der Waals surface area contributed by atoms with Crippen molar-refractivity contribution in [2.24, 2.45) is 0 Å². The number of carbonyl (C=O) groups excluding carboxylic acids is 3. The minimum atomic E-state index is -1.89. The van der Waals surface area contributed by atoms with Gasteiger partial charge in [0.15, 0.2) is 23.7 Å². The molecule has 13 nitrogen and oxygen atoms in total. The zero-order valence-electron chi connectivity index (χ0n) is 22.2. The number of carboxylic acid groups (broad SMARTS) is 1. The summed E-state index contributed by atoms with van der Waals surface area (Å²) >= 11 is 0. The number of nitrogens with zero attached hydrogens (tertiary/aromatic N) is 1. The van der Waals surface area contributed by atoms with Gasteiger partial charge in [0.25, 0.3) is 0 Å². The molecule has 1 aromatic carbocycles. The lowest BCUT2D eigenvalue weighted by molar-refractivity contribution is -0.182. The van der Waals surface area contributed by atoms with Crippen LogP contribution >= 0.6 is 0 Å². The summed E-state index contributed by atoms with van der Waals surface area (Å²) in [4.78, 5) is 50.8. The van der Waals surface area contributed by atoms with Crippen molar-refractivity contribution in [3.63, 3.8) is 0 Å². The number of carboxylic acids is 1. The number of likely N-dealkylation sites (N-methyl/N-ethyl adjacent to an activating group) is 1. The van der Waals surface area contributed by atoms with E-state index in [1.165, 1.54) is 6.07 Å². The average molecular weight is 562 g/mol. The molecule has 2 heterocycles. The Morgan fingerprint density at radius 3 is 2.58 bits per heavy atom. The van der Waals surface area contributed by atoms with E-state index in [0.29, 0.717) is 24.9 Å². The van der Waals surface area contributed by atoms with Gasteiger partial charge in [0.05, 0.1) is 17.4 Å². The SMILES string of the molecule is C[C@H](O)C(=O)O[C@@H](CC(=O)OC1=CC[C@@]2(O)[C@@H]3Cc4ccc(O)c5c4[C@@]2(CCN3C)[C@H]1O5)C(=O)O[C@@H](C)C(=O)O. The Balaban J connectivity index is 1.42. The molecule has 216 valence electrons. The molecule has 1 spiro atoms. The minimum Gasteiger partial charge on any atom is -0.504 e. The van der Waals surface area contributed by atoms with Crippen LogP contribution in [-0.2, 0) is 45.2 Å². The third kappa shape index (κ3) is 4.11. The van der Waals surface area contributed by atoms with Crippen molar-refractivity contribution in [2.75, 3.05) is 13.6 Å². The van der Waals surface area contributed by atoms with E-state index in [1.807, 2.05) is 13.1 Å². The van der Waals surface area contributed by atoms with E-state index in [4.69, 9.17) is 24.1 Å². The van der Waals surface area contributed by atoms with Gasteiger partial charge in [0, 0.05) is 18.0 Å². The molecule has 5 rings (SSSR count). The predicted octanol–water partition coefficient (Wildman–Crippen LogP) is -0.0879. The summed E-state index contributed by atoms with van der Waals surface area (Å²) in [6.45, 7) is 2.79. The molecule has 13 heteroatoms. The molecular formula is C27H31NO12. The topological polar surface area (TPSA) is 189 Å². The molecule has 0 amide bonds. The van der Waals surface area contributed by atoms with Crippen molar-refractivity contribution in [1.29, 1.82) is 0 Å². The molecule has 2 aliphatic carbocycles. The largest absolute Gasteiger partial charge is 0.504 e. The van der Waals surface area contributed by atoms with Crippen LogP contribution in [0.15, 0.2) is 24.0 Å². The van der Waals surface area contributed by atoms with Gasteiger partial charge in [-0.2, -0.15) is 0 Å². The van der Waals surface area contributed by atoms with Crippen LogP contribution in [-0.4, -0.2) is 98.9 Å². The Labute approximate surface area is 228 Å². The van der Waals surface area contributed by atoms with Gasteiger partial charge < -0.3 is 44.3 Å². The van der Waals surface area contributed by atoms with Crippen molar-refractivity contribution in [1.82, 2.24) is 4.90 Å². The van der Waals surface area contributed by atoms with Gasteiger partial charge in [0.2, 0.25) is 6.10 Å². The third-order valence-corrected chi connectivity index (χ3v) is 8.44. The lowest BCUT2D eigenvalue weighted by Gasteiger charge is -2.61. The summed E-state index contributed by atoms with van der Waals surface area (Å²) in [7, 11) is 1.94. The summed E-state index contributed by atoms with van der Waals surface area (Å²) in [6, 6.07) is 3.09. The van der Waals surface area contributed by atoms with Crippen LogP contribution in [0, 0.1) is 0 Å². The highest BCUT2D eigenvalue weighted by atomic mass is 16.6. The molecule has 0 radical (unpaired) electrons. The van der Waals surface area contributed by atoms with Crippen molar-refractivity contribution in [3.8, 4) is 11.5 Å². The predicted molar refractivity (Wildman–Crippen MR) is 132 cm³/mol. The molecule has 7 atom stereocenters. The summed E-state index contributed by atoms with van der Waals surface area (Å²) < 4.78 is 21.5. The Morgan fingerprint density at radius 2 is 1.90 bits per heavy atom. The summed E-state index contributed by atoms with van der Waals surface area (Å²) in [6.07, 6.45) is -4.26. The zero-order chi connectivity index (χ0) is 29.1. The third-order valence-electron chi connectivity index (χ3n) is 8.44. The molecule has 2 bridgehead atoms. The normalized spacial score (nSPS) is 30.1. The maximum absolute atomic E-state index is 13.1. The van der Waals surface area contributed by atoms with Crippen molar-refractivity contribution >= 4 is 23.9 Å². The Kier molecular flexibility index (Phi) is 6.79. The van der Waals surface area contributed by atoms with E-state index in [0.717, 1.165) is 19.4 Å². The van der Waals surface area contributed by atoms with E-state index in [-0.39, 0.29) is 29.7 Å². The molecule has 4 aliphatic rings. The second-order valence-corrected chi connectivity index (χ2v) is 10.8. The quantitative estimate of drug-likeness (QED) is 0.244. The van der Waals surface area contributed by atoms with Crippen LogP contribution < -0.4 is 4.74 Å². The molecule has 40 heavy (non-hydrogen) atoms. The fraction of sp³-hybridized carbons (Fsp3) is 0.556. The summed E-state index contributed by atoms with van der Waals surface area (Å²) in [5.74, 6) is -4.84. The van der Waals surface area contributed by atoms with Gasteiger partial charge in [-0.25, -0.2) is 14.4 Å². The molecular weight excluding hydrogens is 530 g/mol. The van der Waals surface area contributed by atoms with Gasteiger partial charge >= 0.3 is 23.9 Å². The van der Waals surface area contributed by atoms with Gasteiger partial charge in [-0.15, -0.1) is 0 Å². The molecule has 1 saturated heterocycles. The highest BCUT2D eigenvalue weighted by Crippen LogP contribution is 2.65. The van der Waals surface area contributed by atoms with Crippen LogP contribution in [0.25, 0.3) is 0 Å². The zero-order valence-corrected chi connectivity index (χ0v) is 22.2. The number of carbonyl (C=O) groups is 4. The van der Waals surface area contributed by atoms with Gasteiger partial charge in [-0.1, -0.05) is 6.07 Å². The fourth-order valence-electron chi connectivity index (χ4n) is 6.47. The number of likely N-dealkylation sites (tertiary alicyclic amines) is 1. The number of rotatable bonds is 8. The molecule has 0 unspecified atom stereocenters. The van der Waals surface area contributed by atoms with E-state index in [2.05, 4.69) is 4.90 Å². The van der Waals surface area contributed by atoms with Gasteiger partial charge in [-0.3, -0.25) is 4.79 Å². The standard InChI is InChI=1S/C27H31NO12/c1-12(29)24(34)39-17(25(35)37-13(2)23(32)33)11-19(31)38-16-6-7-27(36)18-10-14-4-5-15(30)21-20(14)26(27,22(16)40-21)8-9-28(18)3/h4-6,12-13,17-18,22,29-30,36H,7-11H2,1-3H3,(H,32,33)/t12-,13-,17-,18-,22-,26-,27+/m0/s1. The first-order valence-corrected chi connectivity index (χ1v) is 13.0. The number of aliphatic hydroxyl groups excluding tert-OH is 1. The molecule has 0 aromatic heterocycles. The van der Waals surface area contributed by atoms with Crippen molar-refractivity contribution in [2.45, 2.75) is 81.0 Å². The highest BCUT2D eigenvalue weighted by Gasteiger charge is 2.72. The number of hydrogen-bond donors (Lipinski definition) is 4. The highest BCUT2D eigenvalue weighted by molar-refractivity contribution is 5.87. The van der Waals surface area contributed by atoms with Gasteiger partial charge in [-0.05, 0) is 58.0 Å². The maximum atomic E-state index is 13.1. The molecule has 0 saturated carbocycles. The smallest absolute Gasteiger partial charge is 0.348 e. The number of aromatic hydroxyl groups is 1. The second kappa shape index (κ2) is 9.75. The molecule has 1 aromatic rings. The first-order chi connectivity index (χ1) is 18.8. The number of aliphatic carboxylic acids is 1. The fourth-order valence-corrected chi connectivity index (χ4v) is 6.47. The Hall–Kier alpha value is -3.68. The Morgan fingerprint density at radius 1 is 1.18 bits per heavy atom.